The summed E-state index contributed by atoms with van der Waals surface area (Å²) in [7, 11) is 0. The highest BCUT2D eigenvalue weighted by atomic mass is 35.5. The Morgan fingerprint density at radius 1 is 1.15 bits per heavy atom. The number of fused-ring (bicyclic) bond motifs is 2. The van der Waals surface area contributed by atoms with Crippen LogP contribution in [0.25, 0.3) is 20.8 Å². The zero-order chi connectivity index (χ0) is 13.7. The summed E-state index contributed by atoms with van der Waals surface area (Å²) in [6.07, 6.45) is 4.84. The molecule has 20 heavy (non-hydrogen) atoms. The first-order chi connectivity index (χ1) is 9.72. The lowest BCUT2D eigenvalue weighted by Crippen LogP contribution is -1.99. The molecule has 3 aromatic rings. The normalized spacial score (nSPS) is 14.7. The molecule has 0 spiro atoms. The van der Waals surface area contributed by atoms with E-state index < -0.39 is 0 Å². The zero-order valence-electron chi connectivity index (χ0n) is 10.8. The lowest BCUT2D eigenvalue weighted by atomic mass is 9.96. The van der Waals surface area contributed by atoms with Crippen LogP contribution in [0, 0.1) is 0 Å². The molecular formula is C15H13ClN2S2. The van der Waals surface area contributed by atoms with Crippen molar-refractivity contribution < 1.29 is 0 Å². The molecule has 102 valence electrons. The van der Waals surface area contributed by atoms with E-state index in [9.17, 15) is 0 Å². The topological polar surface area (TPSA) is 38.9 Å². The van der Waals surface area contributed by atoms with E-state index in [1.54, 1.807) is 22.7 Å². The van der Waals surface area contributed by atoms with Gasteiger partial charge in [0.15, 0.2) is 0 Å². The number of anilines is 1. The van der Waals surface area contributed by atoms with Gasteiger partial charge >= 0.3 is 0 Å². The van der Waals surface area contributed by atoms with Gasteiger partial charge in [0, 0.05) is 15.5 Å². The van der Waals surface area contributed by atoms with Crippen molar-refractivity contribution in [3.8, 4) is 10.6 Å². The van der Waals surface area contributed by atoms with Gasteiger partial charge in [-0.15, -0.1) is 22.7 Å². The van der Waals surface area contributed by atoms with E-state index >= 15 is 0 Å². The van der Waals surface area contributed by atoms with Gasteiger partial charge < -0.3 is 5.73 Å². The molecule has 0 unspecified atom stereocenters. The molecule has 0 aliphatic heterocycles. The Bertz CT molecular complexity index is 804. The summed E-state index contributed by atoms with van der Waals surface area (Å²) in [5.74, 6) is 0. The van der Waals surface area contributed by atoms with Crippen LogP contribution in [0.3, 0.4) is 0 Å². The van der Waals surface area contributed by atoms with Crippen LogP contribution in [0.5, 0.6) is 0 Å². The van der Waals surface area contributed by atoms with Crippen LogP contribution in [0.15, 0.2) is 18.2 Å². The summed E-state index contributed by atoms with van der Waals surface area (Å²) in [5, 5.41) is 2.69. The lowest BCUT2D eigenvalue weighted by molar-refractivity contribution is 0.698. The molecule has 0 amide bonds. The average molecular weight is 321 g/mol. The molecule has 2 nitrogen and oxygen atoms in total. The zero-order valence-corrected chi connectivity index (χ0v) is 13.2. The fraction of sp³-hybridized carbons (Fsp3) is 0.267. The first-order valence-electron chi connectivity index (χ1n) is 6.69. The Hall–Kier alpha value is -1.10. The molecule has 0 saturated carbocycles. The lowest BCUT2D eigenvalue weighted by Gasteiger charge is -2.11. The van der Waals surface area contributed by atoms with Crippen LogP contribution in [0.4, 0.5) is 5.00 Å². The van der Waals surface area contributed by atoms with Crippen molar-refractivity contribution in [2.24, 2.45) is 0 Å². The van der Waals surface area contributed by atoms with Gasteiger partial charge in [-0.2, -0.15) is 0 Å². The number of nitrogens with zero attached hydrogens (tertiary/aromatic N) is 1. The summed E-state index contributed by atoms with van der Waals surface area (Å²) in [6, 6.07) is 5.87. The van der Waals surface area contributed by atoms with E-state index in [2.05, 4.69) is 0 Å². The second-order valence-electron chi connectivity index (χ2n) is 5.08. The number of nitrogen functional groups attached to an aromatic ring is 1. The van der Waals surface area contributed by atoms with Crippen molar-refractivity contribution in [3.05, 3.63) is 33.7 Å². The summed E-state index contributed by atoms with van der Waals surface area (Å²) < 4.78 is 1.17. The number of rotatable bonds is 1. The maximum absolute atomic E-state index is 6.26. The van der Waals surface area contributed by atoms with Gasteiger partial charge in [-0.25, -0.2) is 4.98 Å². The second-order valence-corrected chi connectivity index (χ2v) is 7.69. The van der Waals surface area contributed by atoms with Gasteiger partial charge in [-0.3, -0.25) is 0 Å². The van der Waals surface area contributed by atoms with Crippen molar-refractivity contribution >= 4 is 49.5 Å². The smallest absolute Gasteiger partial charge is 0.127 e. The quantitative estimate of drug-likeness (QED) is 0.674. The van der Waals surface area contributed by atoms with E-state index in [0.29, 0.717) is 0 Å². The number of thiophene rings is 1. The van der Waals surface area contributed by atoms with Gasteiger partial charge in [-0.05, 0) is 49.4 Å². The third-order valence-corrected chi connectivity index (χ3v) is 6.17. The fourth-order valence-electron chi connectivity index (χ4n) is 2.83. The Labute approximate surface area is 130 Å². The molecule has 5 heteroatoms. The minimum Gasteiger partial charge on any atom is -0.390 e. The van der Waals surface area contributed by atoms with Crippen molar-refractivity contribution in [1.29, 1.82) is 0 Å². The molecule has 0 saturated heterocycles. The standard InChI is InChI=1S/C15H13ClN2S2/c16-8-5-6-12-10(7-8)18-15(20-12)13-9-3-1-2-4-11(9)19-14(13)17/h5-7H,1-4,17H2. The first kappa shape index (κ1) is 12.6. The highest BCUT2D eigenvalue weighted by molar-refractivity contribution is 7.22. The van der Waals surface area contributed by atoms with Gasteiger partial charge in [0.25, 0.3) is 0 Å². The molecule has 4 rings (SSSR count). The molecule has 2 aromatic heterocycles. The molecule has 2 N–H and O–H groups in total. The predicted octanol–water partition coefficient (Wildman–Crippen LogP) is 5.14. The van der Waals surface area contributed by atoms with Crippen LogP contribution in [-0.4, -0.2) is 4.98 Å². The van der Waals surface area contributed by atoms with Gasteiger partial charge in [-0.1, -0.05) is 11.6 Å². The Morgan fingerprint density at radius 2 is 2.00 bits per heavy atom. The number of aryl methyl sites for hydroxylation is 1. The van der Waals surface area contributed by atoms with Crippen LogP contribution in [0.2, 0.25) is 5.02 Å². The molecule has 0 fully saturated rings. The molecule has 2 heterocycles. The Morgan fingerprint density at radius 3 is 2.90 bits per heavy atom. The van der Waals surface area contributed by atoms with Crippen molar-refractivity contribution in [2.45, 2.75) is 25.7 Å². The van der Waals surface area contributed by atoms with E-state index in [4.69, 9.17) is 22.3 Å². The second kappa shape index (κ2) is 4.72. The van der Waals surface area contributed by atoms with Crippen LogP contribution in [-0.2, 0) is 12.8 Å². The largest absolute Gasteiger partial charge is 0.390 e. The van der Waals surface area contributed by atoms with E-state index in [-0.39, 0.29) is 0 Å². The van der Waals surface area contributed by atoms with E-state index in [0.717, 1.165) is 27.0 Å². The van der Waals surface area contributed by atoms with Crippen LogP contribution in [0.1, 0.15) is 23.3 Å². The van der Waals surface area contributed by atoms with E-state index in [1.165, 1.54) is 40.0 Å². The van der Waals surface area contributed by atoms with E-state index in [1.807, 2.05) is 18.2 Å². The number of hydrogen-bond donors (Lipinski definition) is 1. The predicted molar refractivity (Wildman–Crippen MR) is 89.0 cm³/mol. The van der Waals surface area contributed by atoms with Gasteiger partial charge in [0.1, 0.15) is 5.01 Å². The summed E-state index contributed by atoms with van der Waals surface area (Å²) in [5.41, 5.74) is 9.85. The molecule has 1 aliphatic rings. The number of halogens is 1. The average Bonchev–Trinajstić information content (AvgIpc) is 2.97. The highest BCUT2D eigenvalue weighted by Gasteiger charge is 2.22. The third kappa shape index (κ3) is 1.94. The maximum Gasteiger partial charge on any atom is 0.127 e. The van der Waals surface area contributed by atoms with Crippen molar-refractivity contribution in [2.75, 3.05) is 5.73 Å². The van der Waals surface area contributed by atoms with Crippen LogP contribution < -0.4 is 5.73 Å². The van der Waals surface area contributed by atoms with Crippen molar-refractivity contribution in [3.63, 3.8) is 0 Å². The number of nitrogens with two attached hydrogens (primary N) is 1. The highest BCUT2D eigenvalue weighted by Crippen LogP contribution is 2.44. The van der Waals surface area contributed by atoms with Gasteiger partial charge in [0.05, 0.1) is 15.2 Å². The van der Waals surface area contributed by atoms with Gasteiger partial charge in [0.2, 0.25) is 0 Å². The molecule has 0 atom stereocenters. The number of thiazole rings is 1. The number of aromatic nitrogens is 1. The Balaban J connectivity index is 1.92. The minimum absolute atomic E-state index is 0.731. The fourth-order valence-corrected chi connectivity index (χ4v) is 5.25. The van der Waals surface area contributed by atoms with Crippen molar-refractivity contribution in [1.82, 2.24) is 4.98 Å². The molecular weight excluding hydrogens is 308 g/mol. The number of hydrogen-bond acceptors (Lipinski definition) is 4. The molecule has 0 bridgehead atoms. The maximum atomic E-state index is 6.26. The SMILES string of the molecule is Nc1sc2c(c1-c1nc3cc(Cl)ccc3s1)CCCC2. The Kier molecular flexibility index (Phi) is 2.98. The summed E-state index contributed by atoms with van der Waals surface area (Å²) >= 11 is 9.49. The number of benzene rings is 1. The molecule has 0 radical (unpaired) electrons. The summed E-state index contributed by atoms with van der Waals surface area (Å²) in [6.45, 7) is 0. The minimum atomic E-state index is 0.731. The summed E-state index contributed by atoms with van der Waals surface area (Å²) in [4.78, 5) is 6.20. The molecule has 1 aliphatic carbocycles. The molecule has 1 aromatic carbocycles. The first-order valence-corrected chi connectivity index (χ1v) is 8.70. The third-order valence-electron chi connectivity index (χ3n) is 3.76. The van der Waals surface area contributed by atoms with Crippen LogP contribution >= 0.6 is 34.3 Å². The monoisotopic (exact) mass is 320 g/mol.